The molecule has 0 saturated heterocycles. The van der Waals surface area contributed by atoms with Crippen LogP contribution in [0.1, 0.15) is 29.7 Å². The fourth-order valence-electron chi connectivity index (χ4n) is 1.19. The molecule has 1 rings (SSSR count). The molecule has 2 heteroatoms. The van der Waals surface area contributed by atoms with Crippen LogP contribution in [0.4, 0.5) is 0 Å². The molecule has 0 aromatic heterocycles. The first-order valence-electron chi connectivity index (χ1n) is 4.34. The molecule has 1 unspecified atom stereocenters. The second-order valence-electron chi connectivity index (χ2n) is 3.22. The van der Waals surface area contributed by atoms with Crippen LogP contribution in [0.25, 0.3) is 0 Å². The lowest BCUT2D eigenvalue weighted by Crippen LogP contribution is -1.96. The highest BCUT2D eigenvalue weighted by Gasteiger charge is 2.05. The summed E-state index contributed by atoms with van der Waals surface area (Å²) in [7, 11) is 0. The smallest absolute Gasteiger partial charge is 0.149 e. The minimum atomic E-state index is -0.0169. The summed E-state index contributed by atoms with van der Waals surface area (Å²) in [5.74, 6) is 0. The van der Waals surface area contributed by atoms with Crippen molar-refractivity contribution >= 4 is 6.72 Å². The summed E-state index contributed by atoms with van der Waals surface area (Å²) in [5, 5.41) is 3.41. The summed E-state index contributed by atoms with van der Waals surface area (Å²) in [5.41, 5.74) is 3.70. The Bertz CT molecular complexity index is 307. The van der Waals surface area contributed by atoms with Gasteiger partial charge in [-0.2, -0.15) is 0 Å². The fourth-order valence-corrected chi connectivity index (χ4v) is 1.19. The van der Waals surface area contributed by atoms with E-state index in [2.05, 4.69) is 43.9 Å². The Kier molecular flexibility index (Phi) is 3.07. The summed E-state index contributed by atoms with van der Waals surface area (Å²) in [6.07, 6.45) is -0.0169. The van der Waals surface area contributed by atoms with Gasteiger partial charge in [0.1, 0.15) is 6.10 Å². The van der Waals surface area contributed by atoms with Crippen molar-refractivity contribution in [1.82, 2.24) is 0 Å². The summed E-state index contributed by atoms with van der Waals surface area (Å²) >= 11 is 0. The SMILES string of the molecule is C=NOC(C)c1ccc(C)c(C)c1. The molecule has 1 aromatic carbocycles. The minimum Gasteiger partial charge on any atom is -0.389 e. The molecule has 0 fully saturated rings. The van der Waals surface area contributed by atoms with Crippen LogP contribution >= 0.6 is 0 Å². The molecule has 0 amide bonds. The third kappa shape index (κ3) is 2.31. The Morgan fingerprint density at radius 2 is 2.00 bits per heavy atom. The molecule has 0 N–H and O–H groups in total. The molecule has 0 aliphatic heterocycles. The maximum Gasteiger partial charge on any atom is 0.149 e. The van der Waals surface area contributed by atoms with Gasteiger partial charge in [-0.3, -0.25) is 0 Å². The average Bonchev–Trinajstić information content (AvgIpc) is 2.10. The van der Waals surface area contributed by atoms with Crippen LogP contribution in [0.5, 0.6) is 0 Å². The topological polar surface area (TPSA) is 21.6 Å². The molecular weight excluding hydrogens is 162 g/mol. The van der Waals surface area contributed by atoms with Gasteiger partial charge in [-0.15, -0.1) is 5.16 Å². The first-order valence-corrected chi connectivity index (χ1v) is 4.34. The highest BCUT2D eigenvalue weighted by atomic mass is 16.6. The Labute approximate surface area is 79.2 Å². The van der Waals surface area contributed by atoms with Gasteiger partial charge in [0.2, 0.25) is 0 Å². The summed E-state index contributed by atoms with van der Waals surface area (Å²) in [6.45, 7) is 9.43. The number of nitrogens with zero attached hydrogens (tertiary/aromatic N) is 1. The molecule has 0 bridgehead atoms. The van der Waals surface area contributed by atoms with Crippen molar-refractivity contribution in [3.8, 4) is 0 Å². The molecule has 0 saturated carbocycles. The fraction of sp³-hybridized carbons (Fsp3) is 0.364. The number of hydrogen-bond acceptors (Lipinski definition) is 2. The van der Waals surface area contributed by atoms with E-state index in [0.717, 1.165) is 5.56 Å². The number of aryl methyl sites for hydroxylation is 2. The molecule has 1 atom stereocenters. The Balaban J connectivity index is 2.89. The van der Waals surface area contributed by atoms with Gasteiger partial charge in [0.05, 0.1) is 0 Å². The van der Waals surface area contributed by atoms with Crippen LogP contribution < -0.4 is 0 Å². The second-order valence-corrected chi connectivity index (χ2v) is 3.22. The van der Waals surface area contributed by atoms with E-state index in [0.29, 0.717) is 0 Å². The lowest BCUT2D eigenvalue weighted by Gasteiger charge is -2.10. The molecule has 0 radical (unpaired) electrons. The van der Waals surface area contributed by atoms with Gasteiger partial charge in [0.25, 0.3) is 0 Å². The van der Waals surface area contributed by atoms with E-state index in [1.807, 2.05) is 6.92 Å². The zero-order valence-corrected chi connectivity index (χ0v) is 8.37. The van der Waals surface area contributed by atoms with Gasteiger partial charge in [0, 0.05) is 6.72 Å². The first-order chi connectivity index (χ1) is 6.15. The highest BCUT2D eigenvalue weighted by Crippen LogP contribution is 2.19. The summed E-state index contributed by atoms with van der Waals surface area (Å²) in [4.78, 5) is 5.04. The van der Waals surface area contributed by atoms with E-state index in [1.54, 1.807) is 0 Å². The van der Waals surface area contributed by atoms with Crippen molar-refractivity contribution < 1.29 is 4.84 Å². The maximum atomic E-state index is 5.04. The molecule has 2 nitrogen and oxygen atoms in total. The van der Waals surface area contributed by atoms with E-state index in [4.69, 9.17) is 4.84 Å². The van der Waals surface area contributed by atoms with Crippen LogP contribution in [-0.2, 0) is 4.84 Å². The van der Waals surface area contributed by atoms with Crippen LogP contribution in [0.3, 0.4) is 0 Å². The van der Waals surface area contributed by atoms with Gasteiger partial charge in [-0.25, -0.2) is 0 Å². The van der Waals surface area contributed by atoms with Crippen molar-refractivity contribution in [2.24, 2.45) is 5.16 Å². The van der Waals surface area contributed by atoms with Gasteiger partial charge < -0.3 is 4.84 Å². The zero-order chi connectivity index (χ0) is 9.84. The standard InChI is InChI=1S/C11H15NO/c1-8-5-6-11(7-9(8)2)10(3)13-12-4/h5-7,10H,4H2,1-3H3. The van der Waals surface area contributed by atoms with Crippen molar-refractivity contribution in [1.29, 1.82) is 0 Å². The Morgan fingerprint density at radius 3 is 2.54 bits per heavy atom. The largest absolute Gasteiger partial charge is 0.389 e. The van der Waals surface area contributed by atoms with Crippen LogP contribution in [0.2, 0.25) is 0 Å². The van der Waals surface area contributed by atoms with E-state index < -0.39 is 0 Å². The van der Waals surface area contributed by atoms with E-state index in [1.165, 1.54) is 11.1 Å². The third-order valence-electron chi connectivity index (χ3n) is 2.23. The maximum absolute atomic E-state index is 5.04. The van der Waals surface area contributed by atoms with Crippen LogP contribution in [-0.4, -0.2) is 6.72 Å². The van der Waals surface area contributed by atoms with E-state index in [9.17, 15) is 0 Å². The second kappa shape index (κ2) is 4.08. The highest BCUT2D eigenvalue weighted by molar-refractivity contribution is 5.31. The Hall–Kier alpha value is -1.31. The minimum absolute atomic E-state index is 0.0169. The van der Waals surface area contributed by atoms with Crippen molar-refractivity contribution in [2.75, 3.05) is 0 Å². The summed E-state index contributed by atoms with van der Waals surface area (Å²) in [6, 6.07) is 6.26. The molecule has 1 aromatic rings. The third-order valence-corrected chi connectivity index (χ3v) is 2.23. The summed E-state index contributed by atoms with van der Waals surface area (Å²) < 4.78 is 0. The molecule has 0 spiro atoms. The first kappa shape index (κ1) is 9.78. The number of oxime groups is 1. The molecule has 70 valence electrons. The predicted molar refractivity (Wildman–Crippen MR) is 55.0 cm³/mol. The molecule has 0 aliphatic rings. The van der Waals surface area contributed by atoms with E-state index >= 15 is 0 Å². The molecule has 0 heterocycles. The monoisotopic (exact) mass is 177 g/mol. The zero-order valence-electron chi connectivity index (χ0n) is 8.37. The number of benzene rings is 1. The molecule has 13 heavy (non-hydrogen) atoms. The quantitative estimate of drug-likeness (QED) is 0.513. The number of rotatable bonds is 3. The number of hydrogen-bond donors (Lipinski definition) is 0. The van der Waals surface area contributed by atoms with Crippen LogP contribution in [0.15, 0.2) is 23.4 Å². The average molecular weight is 177 g/mol. The Morgan fingerprint density at radius 1 is 1.31 bits per heavy atom. The predicted octanol–water partition coefficient (Wildman–Crippen LogP) is 3.00. The normalized spacial score (nSPS) is 12.2. The van der Waals surface area contributed by atoms with Crippen LogP contribution in [0, 0.1) is 13.8 Å². The van der Waals surface area contributed by atoms with Crippen molar-refractivity contribution in [2.45, 2.75) is 26.9 Å². The molecular formula is C11H15NO. The lowest BCUT2D eigenvalue weighted by molar-refractivity contribution is 0.0745. The molecule has 0 aliphatic carbocycles. The van der Waals surface area contributed by atoms with Crippen molar-refractivity contribution in [3.05, 3.63) is 34.9 Å². The van der Waals surface area contributed by atoms with Crippen molar-refractivity contribution in [3.63, 3.8) is 0 Å². The van der Waals surface area contributed by atoms with Gasteiger partial charge in [-0.1, -0.05) is 18.2 Å². The lowest BCUT2D eigenvalue weighted by atomic mass is 10.0. The van der Waals surface area contributed by atoms with Gasteiger partial charge in [0.15, 0.2) is 0 Å². The van der Waals surface area contributed by atoms with Gasteiger partial charge in [-0.05, 0) is 37.5 Å². The van der Waals surface area contributed by atoms with Gasteiger partial charge >= 0.3 is 0 Å². The van der Waals surface area contributed by atoms with E-state index in [-0.39, 0.29) is 6.10 Å².